The second-order valence-electron chi connectivity index (χ2n) is 5.95. The lowest BCUT2D eigenvalue weighted by Gasteiger charge is -2.39. The number of hydrogen-bond acceptors (Lipinski definition) is 4. The maximum absolute atomic E-state index is 12.6. The van der Waals surface area contributed by atoms with Crippen molar-refractivity contribution in [1.82, 2.24) is 9.80 Å². The Bertz CT molecular complexity index is 504. The van der Waals surface area contributed by atoms with Gasteiger partial charge in [0.15, 0.2) is 5.60 Å². The number of nitrogens with zero attached hydrogens (tertiary/aromatic N) is 2. The van der Waals surface area contributed by atoms with Gasteiger partial charge in [-0.1, -0.05) is 12.1 Å². The fourth-order valence-corrected chi connectivity index (χ4v) is 2.88. The van der Waals surface area contributed by atoms with Gasteiger partial charge in [0.05, 0.1) is 7.11 Å². The van der Waals surface area contributed by atoms with Crippen LogP contribution in [-0.4, -0.2) is 60.7 Å². The summed E-state index contributed by atoms with van der Waals surface area (Å²) in [4.78, 5) is 16.2. The Morgan fingerprint density at radius 2 is 2.19 bits per heavy atom. The lowest BCUT2D eigenvalue weighted by atomic mass is 9.91. The van der Waals surface area contributed by atoms with Gasteiger partial charge < -0.3 is 19.6 Å². The van der Waals surface area contributed by atoms with Gasteiger partial charge in [0, 0.05) is 19.6 Å². The zero-order valence-corrected chi connectivity index (χ0v) is 13.0. The van der Waals surface area contributed by atoms with Crippen LogP contribution in [0.5, 0.6) is 5.75 Å². The minimum absolute atomic E-state index is 0.176. The largest absolute Gasteiger partial charge is 0.497 e. The number of benzene rings is 1. The topological polar surface area (TPSA) is 53.0 Å². The molecule has 0 unspecified atom stereocenters. The van der Waals surface area contributed by atoms with Crippen LogP contribution in [-0.2, 0) is 11.3 Å². The van der Waals surface area contributed by atoms with E-state index in [-0.39, 0.29) is 5.91 Å². The second kappa shape index (κ2) is 6.45. The van der Waals surface area contributed by atoms with E-state index >= 15 is 0 Å². The lowest BCUT2D eigenvalue weighted by Crippen LogP contribution is -2.57. The van der Waals surface area contributed by atoms with Crippen LogP contribution in [0.25, 0.3) is 0 Å². The molecule has 1 saturated heterocycles. The average Bonchev–Trinajstić information content (AvgIpc) is 2.43. The standard InChI is InChI=1S/C16H24N2O3/c1-17(2)12-16(20)8-5-9-18(15(16)19)11-13-6-4-7-14(10-13)21-3/h4,6-7,10,20H,5,8-9,11-12H2,1-3H3/t16-/m1/s1. The molecule has 5 heteroatoms. The third-order valence-corrected chi connectivity index (χ3v) is 3.79. The quantitative estimate of drug-likeness (QED) is 0.883. The first-order chi connectivity index (χ1) is 9.94. The highest BCUT2D eigenvalue weighted by Crippen LogP contribution is 2.25. The molecule has 0 radical (unpaired) electrons. The maximum Gasteiger partial charge on any atom is 0.256 e. The average molecular weight is 292 g/mol. The molecule has 1 aromatic carbocycles. The van der Waals surface area contributed by atoms with Crippen molar-refractivity contribution in [3.8, 4) is 5.75 Å². The van der Waals surface area contributed by atoms with Crippen LogP contribution in [0.15, 0.2) is 24.3 Å². The molecule has 1 heterocycles. The molecule has 21 heavy (non-hydrogen) atoms. The van der Waals surface area contributed by atoms with Gasteiger partial charge in [0.2, 0.25) is 0 Å². The first kappa shape index (κ1) is 15.8. The van der Waals surface area contributed by atoms with E-state index in [1.807, 2.05) is 43.3 Å². The number of rotatable bonds is 5. The summed E-state index contributed by atoms with van der Waals surface area (Å²) in [5.74, 6) is 0.603. The van der Waals surface area contributed by atoms with Gasteiger partial charge in [-0.05, 0) is 44.6 Å². The summed E-state index contributed by atoms with van der Waals surface area (Å²) in [6.07, 6.45) is 1.35. The number of carbonyl (C=O) groups is 1. The van der Waals surface area contributed by atoms with Gasteiger partial charge in [-0.3, -0.25) is 4.79 Å². The Morgan fingerprint density at radius 3 is 2.86 bits per heavy atom. The zero-order valence-electron chi connectivity index (χ0n) is 13.0. The van der Waals surface area contributed by atoms with Crippen molar-refractivity contribution in [2.24, 2.45) is 0 Å². The fourth-order valence-electron chi connectivity index (χ4n) is 2.88. The van der Waals surface area contributed by atoms with Crippen molar-refractivity contribution in [3.05, 3.63) is 29.8 Å². The van der Waals surface area contributed by atoms with Crippen LogP contribution in [0.2, 0.25) is 0 Å². The molecule has 0 saturated carbocycles. The number of amides is 1. The van der Waals surface area contributed by atoms with E-state index in [1.54, 1.807) is 12.0 Å². The smallest absolute Gasteiger partial charge is 0.256 e. The molecule has 5 nitrogen and oxygen atoms in total. The van der Waals surface area contributed by atoms with Crippen molar-refractivity contribution in [2.75, 3.05) is 34.3 Å². The highest BCUT2D eigenvalue weighted by Gasteiger charge is 2.42. The van der Waals surface area contributed by atoms with Crippen LogP contribution < -0.4 is 4.74 Å². The van der Waals surface area contributed by atoms with Gasteiger partial charge >= 0.3 is 0 Å². The third kappa shape index (κ3) is 3.74. The SMILES string of the molecule is COc1cccc(CN2CCC[C@@](O)(CN(C)C)C2=O)c1. The first-order valence-corrected chi connectivity index (χ1v) is 7.24. The molecular formula is C16H24N2O3. The predicted molar refractivity (Wildman–Crippen MR) is 81.1 cm³/mol. The number of carbonyl (C=O) groups excluding carboxylic acids is 1. The summed E-state index contributed by atoms with van der Waals surface area (Å²) < 4.78 is 5.20. The van der Waals surface area contributed by atoms with Gasteiger partial charge in [-0.15, -0.1) is 0 Å². The van der Waals surface area contributed by atoms with E-state index in [0.717, 1.165) is 17.7 Å². The Hall–Kier alpha value is -1.59. The van der Waals surface area contributed by atoms with Crippen LogP contribution in [0.1, 0.15) is 18.4 Å². The third-order valence-electron chi connectivity index (χ3n) is 3.79. The number of hydrogen-bond donors (Lipinski definition) is 1. The van der Waals surface area contributed by atoms with Crippen LogP contribution in [0.4, 0.5) is 0 Å². The summed E-state index contributed by atoms with van der Waals surface area (Å²) in [6, 6.07) is 7.68. The van der Waals surface area contributed by atoms with Gasteiger partial charge in [0.25, 0.3) is 5.91 Å². The van der Waals surface area contributed by atoms with Gasteiger partial charge in [0.1, 0.15) is 5.75 Å². The number of aliphatic hydroxyl groups is 1. The normalized spacial score (nSPS) is 22.7. The van der Waals surface area contributed by atoms with Crippen molar-refractivity contribution in [1.29, 1.82) is 0 Å². The lowest BCUT2D eigenvalue weighted by molar-refractivity contribution is -0.159. The molecule has 1 fully saturated rings. The molecule has 0 aliphatic carbocycles. The molecule has 2 rings (SSSR count). The number of methoxy groups -OCH3 is 1. The summed E-state index contributed by atoms with van der Waals surface area (Å²) in [6.45, 7) is 1.55. The molecule has 1 atom stereocenters. The molecular weight excluding hydrogens is 268 g/mol. The van der Waals surface area contributed by atoms with E-state index in [2.05, 4.69) is 0 Å². The molecule has 1 aromatic rings. The number of ether oxygens (including phenoxy) is 1. The highest BCUT2D eigenvalue weighted by atomic mass is 16.5. The van der Waals surface area contributed by atoms with Crippen LogP contribution in [0.3, 0.4) is 0 Å². The van der Waals surface area contributed by atoms with E-state index in [4.69, 9.17) is 4.74 Å². The fraction of sp³-hybridized carbons (Fsp3) is 0.562. The second-order valence-corrected chi connectivity index (χ2v) is 5.95. The molecule has 0 aromatic heterocycles. The highest BCUT2D eigenvalue weighted by molar-refractivity contribution is 5.86. The van der Waals surface area contributed by atoms with E-state index in [9.17, 15) is 9.90 Å². The van der Waals surface area contributed by atoms with Gasteiger partial charge in [-0.2, -0.15) is 0 Å². The minimum Gasteiger partial charge on any atom is -0.497 e. The summed E-state index contributed by atoms with van der Waals surface area (Å²) in [7, 11) is 5.36. The summed E-state index contributed by atoms with van der Waals surface area (Å²) in [5.41, 5.74) is -0.252. The van der Waals surface area contributed by atoms with Crippen molar-refractivity contribution in [3.63, 3.8) is 0 Å². The maximum atomic E-state index is 12.6. The molecule has 1 aliphatic heterocycles. The summed E-state index contributed by atoms with van der Waals surface area (Å²) in [5, 5.41) is 10.6. The number of likely N-dealkylation sites (tertiary alicyclic amines) is 1. The Labute approximate surface area is 126 Å². The van der Waals surface area contributed by atoms with E-state index in [1.165, 1.54) is 0 Å². The number of likely N-dealkylation sites (N-methyl/N-ethyl adjacent to an activating group) is 1. The Kier molecular flexibility index (Phi) is 4.85. The molecule has 0 spiro atoms. The zero-order chi connectivity index (χ0) is 15.5. The first-order valence-electron chi connectivity index (χ1n) is 7.24. The van der Waals surface area contributed by atoms with Crippen molar-refractivity contribution < 1.29 is 14.6 Å². The summed E-state index contributed by atoms with van der Waals surface area (Å²) >= 11 is 0. The predicted octanol–water partition coefficient (Wildman–Crippen LogP) is 1.11. The molecule has 1 aliphatic rings. The Balaban J connectivity index is 2.10. The van der Waals surface area contributed by atoms with E-state index in [0.29, 0.717) is 26.1 Å². The van der Waals surface area contributed by atoms with Crippen LogP contribution in [0, 0.1) is 0 Å². The van der Waals surface area contributed by atoms with Crippen molar-refractivity contribution in [2.45, 2.75) is 25.0 Å². The van der Waals surface area contributed by atoms with E-state index < -0.39 is 5.60 Å². The Morgan fingerprint density at radius 1 is 1.43 bits per heavy atom. The molecule has 1 N–H and O–H groups in total. The van der Waals surface area contributed by atoms with Crippen LogP contribution >= 0.6 is 0 Å². The molecule has 116 valence electrons. The molecule has 1 amide bonds. The van der Waals surface area contributed by atoms with Crippen molar-refractivity contribution >= 4 is 5.91 Å². The number of piperidine rings is 1. The van der Waals surface area contributed by atoms with Gasteiger partial charge in [-0.25, -0.2) is 0 Å². The minimum atomic E-state index is -1.26. The monoisotopic (exact) mass is 292 g/mol. The molecule has 0 bridgehead atoms.